The Kier molecular flexibility index (Phi) is 5.98. The van der Waals surface area contributed by atoms with Gasteiger partial charge in [0.2, 0.25) is 0 Å². The van der Waals surface area contributed by atoms with Crippen LogP contribution in [-0.4, -0.2) is 45.5 Å². The molecule has 0 saturated heterocycles. The molecule has 0 bridgehead atoms. The average Bonchev–Trinajstić information content (AvgIpc) is 2.45. The van der Waals surface area contributed by atoms with Gasteiger partial charge in [-0.3, -0.25) is 0 Å². The fourth-order valence-corrected chi connectivity index (χ4v) is 1.87. The fraction of sp³-hybridized carbons (Fsp3) is 0.692. The quantitative estimate of drug-likeness (QED) is 0.563. The summed E-state index contributed by atoms with van der Waals surface area (Å²) in [5, 5.41) is 25.3. The minimum atomic E-state index is -0.748. The predicted molar refractivity (Wildman–Crippen MR) is 76.4 cm³/mol. The van der Waals surface area contributed by atoms with E-state index in [-0.39, 0.29) is 13.2 Å². The van der Waals surface area contributed by atoms with E-state index >= 15 is 0 Å². The Morgan fingerprint density at radius 1 is 1.11 bits per heavy atom. The number of aromatic nitrogens is 2. The molecular formula is C13H24N4O2. The molecule has 1 aromatic heterocycles. The van der Waals surface area contributed by atoms with Crippen LogP contribution in [0.4, 0.5) is 11.6 Å². The summed E-state index contributed by atoms with van der Waals surface area (Å²) in [5.74, 6) is 1.46. The highest BCUT2D eigenvalue weighted by atomic mass is 16.3. The zero-order chi connectivity index (χ0) is 14.3. The van der Waals surface area contributed by atoms with Crippen molar-refractivity contribution < 1.29 is 10.2 Å². The van der Waals surface area contributed by atoms with E-state index in [1.807, 2.05) is 20.8 Å². The molecular weight excluding hydrogens is 244 g/mol. The number of aliphatic hydroxyl groups is 2. The van der Waals surface area contributed by atoms with Gasteiger partial charge in [0.25, 0.3) is 0 Å². The van der Waals surface area contributed by atoms with Crippen molar-refractivity contribution in [2.24, 2.45) is 0 Å². The molecule has 0 radical (unpaired) electrons. The topological polar surface area (TPSA) is 90.3 Å². The molecule has 0 aromatic carbocycles. The van der Waals surface area contributed by atoms with Crippen molar-refractivity contribution in [1.29, 1.82) is 0 Å². The molecule has 1 aromatic rings. The Labute approximate surface area is 114 Å². The smallest absolute Gasteiger partial charge is 0.135 e. The van der Waals surface area contributed by atoms with E-state index in [4.69, 9.17) is 0 Å². The Morgan fingerprint density at radius 3 is 2.21 bits per heavy atom. The number of hydrogen-bond donors (Lipinski definition) is 4. The second kappa shape index (κ2) is 7.25. The van der Waals surface area contributed by atoms with E-state index in [2.05, 4.69) is 20.6 Å². The fourth-order valence-electron chi connectivity index (χ4n) is 1.87. The lowest BCUT2D eigenvalue weighted by atomic mass is 9.98. The molecule has 6 heteroatoms. The van der Waals surface area contributed by atoms with Gasteiger partial charge in [-0.2, -0.15) is 0 Å². The summed E-state index contributed by atoms with van der Waals surface area (Å²) < 4.78 is 0. The normalized spacial score (nSPS) is 11.4. The van der Waals surface area contributed by atoms with E-state index in [0.29, 0.717) is 12.2 Å². The Balaban J connectivity index is 3.09. The van der Waals surface area contributed by atoms with Crippen LogP contribution in [0, 0.1) is 0 Å². The number of anilines is 2. The lowest BCUT2D eigenvalue weighted by molar-refractivity contribution is 0.132. The van der Waals surface area contributed by atoms with Crippen LogP contribution in [0.1, 0.15) is 32.8 Å². The molecule has 19 heavy (non-hydrogen) atoms. The molecule has 108 valence electrons. The second-order valence-electron chi connectivity index (χ2n) is 4.51. The highest BCUT2D eigenvalue weighted by Crippen LogP contribution is 2.24. The monoisotopic (exact) mass is 268 g/mol. The maximum absolute atomic E-state index is 9.49. The van der Waals surface area contributed by atoms with Crippen LogP contribution in [0.25, 0.3) is 0 Å². The molecule has 0 unspecified atom stereocenters. The van der Waals surface area contributed by atoms with Gasteiger partial charge < -0.3 is 20.8 Å². The van der Waals surface area contributed by atoms with E-state index in [9.17, 15) is 10.2 Å². The zero-order valence-corrected chi connectivity index (χ0v) is 11.9. The first-order valence-electron chi connectivity index (χ1n) is 6.74. The van der Waals surface area contributed by atoms with Gasteiger partial charge in [-0.25, -0.2) is 9.97 Å². The molecule has 1 heterocycles. The van der Waals surface area contributed by atoms with Gasteiger partial charge >= 0.3 is 0 Å². The van der Waals surface area contributed by atoms with Gasteiger partial charge in [-0.05, 0) is 19.8 Å². The summed E-state index contributed by atoms with van der Waals surface area (Å²) in [4.78, 5) is 8.46. The van der Waals surface area contributed by atoms with Crippen molar-refractivity contribution in [3.05, 3.63) is 11.9 Å². The van der Waals surface area contributed by atoms with Crippen LogP contribution in [0.3, 0.4) is 0 Å². The van der Waals surface area contributed by atoms with E-state index < -0.39 is 5.54 Å². The Morgan fingerprint density at radius 2 is 1.74 bits per heavy atom. The first-order valence-corrected chi connectivity index (χ1v) is 6.74. The van der Waals surface area contributed by atoms with Crippen molar-refractivity contribution in [1.82, 2.24) is 9.97 Å². The Bertz CT molecular complexity index is 386. The van der Waals surface area contributed by atoms with E-state index in [0.717, 1.165) is 24.3 Å². The average molecular weight is 268 g/mol. The lowest BCUT2D eigenvalue weighted by Gasteiger charge is -2.31. The SMILES string of the molecule is CCNc1ncnc(NC(CC)(CO)CO)c1CC. The number of hydrogen-bond acceptors (Lipinski definition) is 6. The molecule has 0 saturated carbocycles. The zero-order valence-electron chi connectivity index (χ0n) is 11.9. The molecule has 0 fully saturated rings. The molecule has 4 N–H and O–H groups in total. The molecule has 0 aliphatic rings. The van der Waals surface area contributed by atoms with Gasteiger partial charge in [0.15, 0.2) is 0 Å². The van der Waals surface area contributed by atoms with Crippen molar-refractivity contribution in [2.45, 2.75) is 39.2 Å². The lowest BCUT2D eigenvalue weighted by Crippen LogP contribution is -2.45. The molecule has 0 aliphatic carbocycles. The number of rotatable bonds is 8. The molecule has 0 amide bonds. The van der Waals surface area contributed by atoms with Gasteiger partial charge in [-0.1, -0.05) is 13.8 Å². The maximum Gasteiger partial charge on any atom is 0.135 e. The number of nitrogens with one attached hydrogen (secondary N) is 2. The van der Waals surface area contributed by atoms with Crippen LogP contribution in [0.2, 0.25) is 0 Å². The predicted octanol–water partition coefficient (Wildman–Crippen LogP) is 1.02. The van der Waals surface area contributed by atoms with Crippen LogP contribution in [0.15, 0.2) is 6.33 Å². The minimum absolute atomic E-state index is 0.149. The first kappa shape index (κ1) is 15.7. The Hall–Kier alpha value is -1.40. The third-order valence-electron chi connectivity index (χ3n) is 3.31. The standard InChI is InChI=1S/C13H24N4O2/c1-4-10-11(14-6-3)15-9-16-12(10)17-13(5-2,7-18)8-19/h9,18-19H,4-8H2,1-3H3,(H2,14,15,16,17). The largest absolute Gasteiger partial charge is 0.394 e. The van der Waals surface area contributed by atoms with Crippen molar-refractivity contribution in [2.75, 3.05) is 30.4 Å². The maximum atomic E-state index is 9.49. The summed E-state index contributed by atoms with van der Waals surface area (Å²) in [5.41, 5.74) is 0.214. The van der Waals surface area contributed by atoms with E-state index in [1.165, 1.54) is 6.33 Å². The highest BCUT2D eigenvalue weighted by Gasteiger charge is 2.28. The van der Waals surface area contributed by atoms with Gasteiger partial charge in [-0.15, -0.1) is 0 Å². The first-order chi connectivity index (χ1) is 9.16. The van der Waals surface area contributed by atoms with Crippen LogP contribution < -0.4 is 10.6 Å². The highest BCUT2D eigenvalue weighted by molar-refractivity contribution is 5.58. The molecule has 1 rings (SSSR count). The molecule has 0 atom stereocenters. The summed E-state index contributed by atoms with van der Waals surface area (Å²) in [7, 11) is 0. The van der Waals surface area contributed by atoms with Gasteiger partial charge in [0.1, 0.15) is 18.0 Å². The third-order valence-corrected chi connectivity index (χ3v) is 3.31. The van der Waals surface area contributed by atoms with Crippen LogP contribution >= 0.6 is 0 Å². The minimum Gasteiger partial charge on any atom is -0.394 e. The molecule has 0 spiro atoms. The second-order valence-corrected chi connectivity index (χ2v) is 4.51. The number of nitrogens with zero attached hydrogens (tertiary/aromatic N) is 2. The number of aliphatic hydroxyl groups excluding tert-OH is 2. The van der Waals surface area contributed by atoms with Crippen LogP contribution in [0.5, 0.6) is 0 Å². The van der Waals surface area contributed by atoms with Crippen molar-refractivity contribution >= 4 is 11.6 Å². The molecule has 0 aliphatic heterocycles. The summed E-state index contributed by atoms with van der Waals surface area (Å²) in [6, 6.07) is 0. The summed E-state index contributed by atoms with van der Waals surface area (Å²) in [6.45, 7) is 6.43. The van der Waals surface area contributed by atoms with Crippen molar-refractivity contribution in [3.8, 4) is 0 Å². The molecule has 6 nitrogen and oxygen atoms in total. The third kappa shape index (κ3) is 3.54. The summed E-state index contributed by atoms with van der Waals surface area (Å²) >= 11 is 0. The van der Waals surface area contributed by atoms with Crippen molar-refractivity contribution in [3.63, 3.8) is 0 Å². The van der Waals surface area contributed by atoms with Crippen LogP contribution in [-0.2, 0) is 6.42 Å². The van der Waals surface area contributed by atoms with E-state index in [1.54, 1.807) is 0 Å². The summed E-state index contributed by atoms with van der Waals surface area (Å²) in [6.07, 6.45) is 2.85. The van der Waals surface area contributed by atoms with Gasteiger partial charge in [0.05, 0.1) is 18.8 Å². The van der Waals surface area contributed by atoms with Gasteiger partial charge in [0, 0.05) is 12.1 Å².